The van der Waals surface area contributed by atoms with Gasteiger partial charge in [0.25, 0.3) is 0 Å². The highest BCUT2D eigenvalue weighted by molar-refractivity contribution is 5.84. The molecule has 13 heavy (non-hydrogen) atoms. The lowest BCUT2D eigenvalue weighted by atomic mass is 10.1. The van der Waals surface area contributed by atoms with Gasteiger partial charge in [0, 0.05) is 0 Å². The number of hydrogen-bond acceptors (Lipinski definition) is 2. The minimum Gasteiger partial charge on any atom is -0.480 e. The van der Waals surface area contributed by atoms with Gasteiger partial charge in [-0.25, -0.2) is 0 Å². The van der Waals surface area contributed by atoms with Crippen molar-refractivity contribution in [3.05, 3.63) is 30.3 Å². The van der Waals surface area contributed by atoms with Gasteiger partial charge in [0.05, 0.1) is 0 Å². The Morgan fingerprint density at radius 1 is 1.23 bits per heavy atom. The van der Waals surface area contributed by atoms with Gasteiger partial charge in [-0.3, -0.25) is 4.79 Å². The van der Waals surface area contributed by atoms with Crippen LogP contribution >= 0.6 is 0 Å². The van der Waals surface area contributed by atoms with E-state index >= 15 is 0 Å². The molecule has 0 unspecified atom stereocenters. The molecule has 0 amide bonds. The first-order chi connectivity index (χ1) is 6.02. The summed E-state index contributed by atoms with van der Waals surface area (Å²) in [5.41, 5.74) is -0.735. The molecular weight excluding hydrogens is 164 g/mol. The number of rotatable bonds is 3. The van der Waals surface area contributed by atoms with Crippen LogP contribution in [0, 0.1) is 0 Å². The topological polar surface area (TPSA) is 26.3 Å². The molecule has 0 atom stereocenters. The molecule has 0 aliphatic heterocycles. The van der Waals surface area contributed by atoms with Crippen LogP contribution in [0.4, 0.5) is 0 Å². The third-order valence-corrected chi connectivity index (χ3v) is 1.96. The van der Waals surface area contributed by atoms with E-state index in [-0.39, 0.29) is 5.78 Å². The maximum Gasteiger partial charge on any atom is 0.172 e. The number of carbonyl (C=O) groups excluding carboxylic acids is 1. The van der Waals surface area contributed by atoms with Crippen molar-refractivity contribution in [3.63, 3.8) is 0 Å². The minimum atomic E-state index is -0.735. The minimum absolute atomic E-state index is 0.0244. The average Bonchev–Trinajstić information content (AvgIpc) is 2.05. The lowest BCUT2D eigenvalue weighted by molar-refractivity contribution is -0.129. The van der Waals surface area contributed by atoms with Gasteiger partial charge < -0.3 is 4.74 Å². The quantitative estimate of drug-likeness (QED) is 0.710. The SMILES string of the molecule is CC(=O)C(C)(C)Oc1ccccc1. The predicted octanol–water partition coefficient (Wildman–Crippen LogP) is 2.43. The lowest BCUT2D eigenvalue weighted by Crippen LogP contribution is -2.36. The van der Waals surface area contributed by atoms with Crippen molar-refractivity contribution in [2.45, 2.75) is 26.4 Å². The molecule has 0 saturated carbocycles. The summed E-state index contributed by atoms with van der Waals surface area (Å²) in [6.45, 7) is 5.06. The van der Waals surface area contributed by atoms with Crippen LogP contribution in [0.5, 0.6) is 5.75 Å². The summed E-state index contributed by atoms with van der Waals surface area (Å²) in [7, 11) is 0. The average molecular weight is 178 g/mol. The molecule has 2 nitrogen and oxygen atoms in total. The Bertz CT molecular complexity index is 288. The van der Waals surface area contributed by atoms with E-state index in [0.717, 1.165) is 5.75 Å². The van der Waals surface area contributed by atoms with Crippen molar-refractivity contribution in [1.29, 1.82) is 0 Å². The van der Waals surface area contributed by atoms with Crippen molar-refractivity contribution in [3.8, 4) is 5.75 Å². The van der Waals surface area contributed by atoms with Crippen molar-refractivity contribution in [2.75, 3.05) is 0 Å². The molecule has 0 fully saturated rings. The molecule has 1 rings (SSSR count). The predicted molar refractivity (Wildman–Crippen MR) is 51.8 cm³/mol. The summed E-state index contributed by atoms with van der Waals surface area (Å²) in [5.74, 6) is 0.749. The van der Waals surface area contributed by atoms with Gasteiger partial charge in [-0.05, 0) is 32.9 Å². The monoisotopic (exact) mass is 178 g/mol. The number of carbonyl (C=O) groups is 1. The van der Waals surface area contributed by atoms with Crippen molar-refractivity contribution >= 4 is 5.78 Å². The summed E-state index contributed by atoms with van der Waals surface area (Å²) >= 11 is 0. The number of hydrogen-bond donors (Lipinski definition) is 0. The van der Waals surface area contributed by atoms with Crippen LogP contribution in [0.15, 0.2) is 30.3 Å². The number of ketones is 1. The second-order valence-corrected chi connectivity index (χ2v) is 3.48. The highest BCUT2D eigenvalue weighted by atomic mass is 16.5. The highest BCUT2D eigenvalue weighted by Gasteiger charge is 2.25. The summed E-state index contributed by atoms with van der Waals surface area (Å²) < 4.78 is 5.51. The number of Topliss-reactive ketones (excluding diaryl/α,β-unsaturated/α-hetero) is 1. The molecule has 0 bridgehead atoms. The van der Waals surface area contributed by atoms with E-state index in [9.17, 15) is 4.79 Å². The zero-order valence-electron chi connectivity index (χ0n) is 8.20. The van der Waals surface area contributed by atoms with Crippen LogP contribution in [0.25, 0.3) is 0 Å². The summed E-state index contributed by atoms with van der Waals surface area (Å²) in [4.78, 5) is 11.1. The van der Waals surface area contributed by atoms with E-state index in [0.29, 0.717) is 0 Å². The second kappa shape index (κ2) is 3.60. The van der Waals surface area contributed by atoms with Crippen LogP contribution in [-0.2, 0) is 4.79 Å². The first-order valence-electron chi connectivity index (χ1n) is 4.27. The third kappa shape index (κ3) is 2.58. The van der Waals surface area contributed by atoms with E-state index in [1.165, 1.54) is 6.92 Å². The molecule has 0 heterocycles. The van der Waals surface area contributed by atoms with Crippen molar-refractivity contribution < 1.29 is 9.53 Å². The molecule has 0 spiro atoms. The van der Waals surface area contributed by atoms with Crippen LogP contribution < -0.4 is 4.74 Å². The molecular formula is C11H14O2. The highest BCUT2D eigenvalue weighted by Crippen LogP contribution is 2.17. The van der Waals surface area contributed by atoms with Crippen LogP contribution in [0.1, 0.15) is 20.8 Å². The molecule has 0 radical (unpaired) electrons. The van der Waals surface area contributed by atoms with Crippen molar-refractivity contribution in [2.24, 2.45) is 0 Å². The molecule has 70 valence electrons. The molecule has 2 heteroatoms. The van der Waals surface area contributed by atoms with E-state index in [1.54, 1.807) is 13.8 Å². The second-order valence-electron chi connectivity index (χ2n) is 3.48. The van der Waals surface area contributed by atoms with E-state index in [2.05, 4.69) is 0 Å². The van der Waals surface area contributed by atoms with Gasteiger partial charge in [0.15, 0.2) is 11.4 Å². The van der Waals surface area contributed by atoms with Gasteiger partial charge in [0.2, 0.25) is 0 Å². The Kier molecular flexibility index (Phi) is 2.71. The molecule has 0 aliphatic rings. The molecule has 0 aliphatic carbocycles. The molecule has 0 saturated heterocycles. The van der Waals surface area contributed by atoms with Crippen molar-refractivity contribution in [1.82, 2.24) is 0 Å². The molecule has 0 aromatic heterocycles. The Morgan fingerprint density at radius 2 is 1.77 bits per heavy atom. The zero-order valence-corrected chi connectivity index (χ0v) is 8.20. The number of benzene rings is 1. The van der Waals surface area contributed by atoms with Gasteiger partial charge in [0.1, 0.15) is 5.75 Å². The Labute approximate surface area is 78.5 Å². The standard InChI is InChI=1S/C11H14O2/c1-9(12)11(2,3)13-10-7-5-4-6-8-10/h4-8H,1-3H3. The Balaban J connectivity index is 2.75. The summed E-state index contributed by atoms with van der Waals surface area (Å²) in [5, 5.41) is 0. The zero-order chi connectivity index (χ0) is 9.90. The van der Waals surface area contributed by atoms with E-state index in [4.69, 9.17) is 4.74 Å². The molecule has 1 aromatic carbocycles. The fourth-order valence-electron chi connectivity index (χ4n) is 0.855. The first-order valence-corrected chi connectivity index (χ1v) is 4.27. The van der Waals surface area contributed by atoms with Gasteiger partial charge >= 0.3 is 0 Å². The maximum absolute atomic E-state index is 11.1. The van der Waals surface area contributed by atoms with E-state index in [1.807, 2.05) is 30.3 Å². The number of ether oxygens (including phenoxy) is 1. The van der Waals surface area contributed by atoms with Gasteiger partial charge in [-0.15, -0.1) is 0 Å². The molecule has 1 aromatic rings. The summed E-state index contributed by atoms with van der Waals surface area (Å²) in [6, 6.07) is 9.35. The Hall–Kier alpha value is -1.31. The normalized spacial score (nSPS) is 11.0. The van der Waals surface area contributed by atoms with Crippen LogP contribution in [0.2, 0.25) is 0 Å². The fraction of sp³-hybridized carbons (Fsp3) is 0.364. The lowest BCUT2D eigenvalue weighted by Gasteiger charge is -2.23. The largest absolute Gasteiger partial charge is 0.480 e. The first kappa shape index (κ1) is 9.78. The fourth-order valence-corrected chi connectivity index (χ4v) is 0.855. The maximum atomic E-state index is 11.1. The van der Waals surface area contributed by atoms with E-state index < -0.39 is 5.60 Å². The Morgan fingerprint density at radius 3 is 2.23 bits per heavy atom. The van der Waals surface area contributed by atoms with Crippen LogP contribution in [0.3, 0.4) is 0 Å². The molecule has 0 N–H and O–H groups in total. The third-order valence-electron chi connectivity index (χ3n) is 1.96. The smallest absolute Gasteiger partial charge is 0.172 e. The summed E-state index contributed by atoms with van der Waals surface area (Å²) in [6.07, 6.45) is 0. The van der Waals surface area contributed by atoms with Gasteiger partial charge in [-0.1, -0.05) is 18.2 Å². The van der Waals surface area contributed by atoms with Gasteiger partial charge in [-0.2, -0.15) is 0 Å². The van der Waals surface area contributed by atoms with Crippen LogP contribution in [-0.4, -0.2) is 11.4 Å². The number of para-hydroxylation sites is 1.